The molecule has 6 nitrogen and oxygen atoms in total. The SMILES string of the molecule is CC(C)C(=O)NC1CCN(c2ccccc2C(=O)NC[C@H]2CCCO2)CC1. The van der Waals surface area contributed by atoms with Crippen LogP contribution in [0.25, 0.3) is 0 Å². The number of piperidine rings is 1. The molecule has 148 valence electrons. The zero-order valence-electron chi connectivity index (χ0n) is 16.4. The molecule has 0 aromatic heterocycles. The minimum absolute atomic E-state index is 0.0105. The highest BCUT2D eigenvalue weighted by Gasteiger charge is 2.25. The molecular formula is C21H31N3O3. The fourth-order valence-corrected chi connectivity index (χ4v) is 3.68. The normalized spacial score (nSPS) is 20.7. The summed E-state index contributed by atoms with van der Waals surface area (Å²) in [5, 5.41) is 6.14. The lowest BCUT2D eigenvalue weighted by Crippen LogP contribution is -2.46. The smallest absolute Gasteiger partial charge is 0.253 e. The topological polar surface area (TPSA) is 70.7 Å². The van der Waals surface area contributed by atoms with Crippen molar-refractivity contribution in [2.75, 3.05) is 31.1 Å². The minimum atomic E-state index is -0.0451. The molecule has 3 rings (SSSR count). The van der Waals surface area contributed by atoms with E-state index < -0.39 is 0 Å². The average Bonchev–Trinajstić information content (AvgIpc) is 3.20. The van der Waals surface area contributed by atoms with Gasteiger partial charge in [0.05, 0.1) is 11.7 Å². The van der Waals surface area contributed by atoms with Crippen LogP contribution < -0.4 is 15.5 Å². The van der Waals surface area contributed by atoms with Crippen molar-refractivity contribution in [3.63, 3.8) is 0 Å². The van der Waals surface area contributed by atoms with Crippen LogP contribution >= 0.6 is 0 Å². The van der Waals surface area contributed by atoms with Crippen molar-refractivity contribution in [2.45, 2.75) is 51.7 Å². The van der Waals surface area contributed by atoms with E-state index in [0.29, 0.717) is 12.1 Å². The summed E-state index contributed by atoms with van der Waals surface area (Å²) in [5.74, 6) is 0.0787. The van der Waals surface area contributed by atoms with Gasteiger partial charge < -0.3 is 20.3 Å². The summed E-state index contributed by atoms with van der Waals surface area (Å²) >= 11 is 0. The fraction of sp³-hybridized carbons (Fsp3) is 0.619. The third-order valence-electron chi connectivity index (χ3n) is 5.37. The van der Waals surface area contributed by atoms with E-state index in [1.54, 1.807) is 0 Å². The Bertz CT molecular complexity index is 648. The number of benzene rings is 1. The number of carbonyl (C=O) groups excluding carboxylic acids is 2. The van der Waals surface area contributed by atoms with Crippen LogP contribution in [-0.4, -0.2) is 50.2 Å². The highest BCUT2D eigenvalue weighted by molar-refractivity contribution is 5.99. The number of hydrogen-bond acceptors (Lipinski definition) is 4. The van der Waals surface area contributed by atoms with Gasteiger partial charge in [0.2, 0.25) is 5.91 Å². The molecule has 2 heterocycles. The van der Waals surface area contributed by atoms with E-state index >= 15 is 0 Å². The number of rotatable bonds is 6. The summed E-state index contributed by atoms with van der Waals surface area (Å²) in [6, 6.07) is 7.98. The Morgan fingerprint density at radius 2 is 1.93 bits per heavy atom. The number of nitrogens with one attached hydrogen (secondary N) is 2. The maximum absolute atomic E-state index is 12.7. The summed E-state index contributed by atoms with van der Waals surface area (Å²) in [4.78, 5) is 26.8. The molecular weight excluding hydrogens is 342 g/mol. The van der Waals surface area contributed by atoms with Gasteiger partial charge in [-0.2, -0.15) is 0 Å². The van der Waals surface area contributed by atoms with E-state index in [1.807, 2.05) is 38.1 Å². The van der Waals surface area contributed by atoms with E-state index in [-0.39, 0.29) is 29.9 Å². The Labute approximate surface area is 161 Å². The third-order valence-corrected chi connectivity index (χ3v) is 5.37. The quantitative estimate of drug-likeness (QED) is 0.803. The van der Waals surface area contributed by atoms with Crippen molar-refractivity contribution in [2.24, 2.45) is 5.92 Å². The summed E-state index contributed by atoms with van der Waals surface area (Å²) in [6.45, 7) is 6.85. The van der Waals surface area contributed by atoms with Gasteiger partial charge in [-0.1, -0.05) is 26.0 Å². The standard InChI is InChI=1S/C21H31N3O3/c1-15(2)20(25)23-16-9-11-24(12-10-16)19-8-4-3-7-18(19)21(26)22-14-17-6-5-13-27-17/h3-4,7-8,15-17H,5-6,9-14H2,1-2H3,(H,22,26)(H,23,25)/t17-/m1/s1. The van der Waals surface area contributed by atoms with E-state index in [2.05, 4.69) is 15.5 Å². The lowest BCUT2D eigenvalue weighted by molar-refractivity contribution is -0.124. The number of nitrogens with zero attached hydrogens (tertiary/aromatic N) is 1. The lowest BCUT2D eigenvalue weighted by atomic mass is 10.0. The van der Waals surface area contributed by atoms with Crippen LogP contribution in [0.4, 0.5) is 5.69 Å². The van der Waals surface area contributed by atoms with Gasteiger partial charge in [0.1, 0.15) is 0 Å². The molecule has 0 saturated carbocycles. The van der Waals surface area contributed by atoms with Gasteiger partial charge in [0, 0.05) is 43.9 Å². The van der Waals surface area contributed by atoms with Crippen LogP contribution in [0.2, 0.25) is 0 Å². The predicted octanol–water partition coefficient (Wildman–Crippen LogP) is 2.34. The van der Waals surface area contributed by atoms with E-state index in [9.17, 15) is 9.59 Å². The first-order chi connectivity index (χ1) is 13.0. The number of hydrogen-bond donors (Lipinski definition) is 2. The molecule has 1 aromatic carbocycles. The molecule has 2 fully saturated rings. The summed E-state index contributed by atoms with van der Waals surface area (Å²) in [7, 11) is 0. The largest absolute Gasteiger partial charge is 0.376 e. The Morgan fingerprint density at radius 3 is 2.59 bits per heavy atom. The van der Waals surface area contributed by atoms with Crippen LogP contribution in [0.5, 0.6) is 0 Å². The van der Waals surface area contributed by atoms with Crippen molar-refractivity contribution < 1.29 is 14.3 Å². The highest BCUT2D eigenvalue weighted by atomic mass is 16.5. The highest BCUT2D eigenvalue weighted by Crippen LogP contribution is 2.24. The van der Waals surface area contributed by atoms with Crippen molar-refractivity contribution in [3.8, 4) is 0 Å². The van der Waals surface area contributed by atoms with E-state index in [1.165, 1.54) is 0 Å². The van der Waals surface area contributed by atoms with Gasteiger partial charge in [-0.25, -0.2) is 0 Å². The second kappa shape index (κ2) is 9.22. The molecule has 2 aliphatic heterocycles. The molecule has 2 aliphatic rings. The van der Waals surface area contributed by atoms with Gasteiger partial charge >= 0.3 is 0 Å². The minimum Gasteiger partial charge on any atom is -0.376 e. The number of para-hydroxylation sites is 1. The molecule has 1 aromatic rings. The van der Waals surface area contributed by atoms with Crippen molar-refractivity contribution in [3.05, 3.63) is 29.8 Å². The van der Waals surface area contributed by atoms with Crippen LogP contribution in [0.3, 0.4) is 0 Å². The molecule has 27 heavy (non-hydrogen) atoms. The number of anilines is 1. The molecule has 2 saturated heterocycles. The number of amides is 2. The number of ether oxygens (including phenoxy) is 1. The Balaban J connectivity index is 1.57. The maximum Gasteiger partial charge on any atom is 0.253 e. The zero-order chi connectivity index (χ0) is 19.2. The first-order valence-electron chi connectivity index (χ1n) is 10.1. The van der Waals surface area contributed by atoms with E-state index in [0.717, 1.165) is 51.1 Å². The molecule has 0 bridgehead atoms. The summed E-state index contributed by atoms with van der Waals surface area (Å²) in [5.41, 5.74) is 1.68. The maximum atomic E-state index is 12.7. The molecule has 2 amide bonds. The van der Waals surface area contributed by atoms with Gasteiger partial charge in [0.25, 0.3) is 5.91 Å². The monoisotopic (exact) mass is 373 g/mol. The first kappa shape index (κ1) is 19.7. The van der Waals surface area contributed by atoms with Crippen LogP contribution in [0, 0.1) is 5.92 Å². The predicted molar refractivity (Wildman–Crippen MR) is 106 cm³/mol. The Morgan fingerprint density at radius 1 is 1.19 bits per heavy atom. The Kier molecular flexibility index (Phi) is 6.72. The van der Waals surface area contributed by atoms with Gasteiger partial charge in [0.15, 0.2) is 0 Å². The van der Waals surface area contributed by atoms with Gasteiger partial charge in [-0.15, -0.1) is 0 Å². The third kappa shape index (κ3) is 5.22. The van der Waals surface area contributed by atoms with Crippen molar-refractivity contribution >= 4 is 17.5 Å². The van der Waals surface area contributed by atoms with Crippen LogP contribution in [0.1, 0.15) is 49.9 Å². The van der Waals surface area contributed by atoms with Crippen molar-refractivity contribution in [1.29, 1.82) is 0 Å². The summed E-state index contributed by atoms with van der Waals surface area (Å²) < 4.78 is 5.59. The van der Waals surface area contributed by atoms with E-state index in [4.69, 9.17) is 4.74 Å². The zero-order valence-corrected chi connectivity index (χ0v) is 16.4. The molecule has 1 atom stereocenters. The van der Waals surface area contributed by atoms with Gasteiger partial charge in [-0.05, 0) is 37.8 Å². The molecule has 0 spiro atoms. The average molecular weight is 373 g/mol. The van der Waals surface area contributed by atoms with Crippen LogP contribution in [-0.2, 0) is 9.53 Å². The Hall–Kier alpha value is -2.08. The molecule has 2 N–H and O–H groups in total. The fourth-order valence-electron chi connectivity index (χ4n) is 3.68. The lowest BCUT2D eigenvalue weighted by Gasteiger charge is -2.35. The second-order valence-electron chi connectivity index (χ2n) is 7.79. The summed E-state index contributed by atoms with van der Waals surface area (Å²) in [6.07, 6.45) is 4.01. The van der Waals surface area contributed by atoms with Gasteiger partial charge in [-0.3, -0.25) is 9.59 Å². The molecule has 6 heteroatoms. The number of carbonyl (C=O) groups is 2. The second-order valence-corrected chi connectivity index (χ2v) is 7.79. The first-order valence-corrected chi connectivity index (χ1v) is 10.1. The molecule has 0 radical (unpaired) electrons. The molecule has 0 unspecified atom stereocenters. The van der Waals surface area contributed by atoms with Crippen LogP contribution in [0.15, 0.2) is 24.3 Å². The molecule has 0 aliphatic carbocycles. The van der Waals surface area contributed by atoms with Crippen molar-refractivity contribution in [1.82, 2.24) is 10.6 Å².